The first-order valence-electron chi connectivity index (χ1n) is 5.05. The van der Waals surface area contributed by atoms with E-state index in [4.69, 9.17) is 0 Å². The van der Waals surface area contributed by atoms with Gasteiger partial charge in [0.15, 0.2) is 0 Å². The first kappa shape index (κ1) is 10.7. The van der Waals surface area contributed by atoms with E-state index in [1.807, 2.05) is 25.1 Å². The van der Waals surface area contributed by atoms with Gasteiger partial charge in [-0.05, 0) is 19.8 Å². The summed E-state index contributed by atoms with van der Waals surface area (Å²) in [6.07, 6.45) is 3.86. The molecule has 15 heavy (non-hydrogen) atoms. The monoisotopic (exact) mass is 271 g/mol. The minimum Gasteiger partial charge on any atom is -0.308 e. The Morgan fingerprint density at radius 3 is 2.93 bits per heavy atom. The molecule has 1 aromatic heterocycles. The van der Waals surface area contributed by atoms with Gasteiger partial charge in [-0.2, -0.15) is 5.10 Å². The van der Waals surface area contributed by atoms with E-state index in [-0.39, 0.29) is 10.7 Å². The van der Waals surface area contributed by atoms with Crippen LogP contribution in [0.3, 0.4) is 0 Å². The van der Waals surface area contributed by atoms with Gasteiger partial charge in [-0.15, -0.1) is 0 Å². The molecule has 1 aliphatic heterocycles. The number of aryl methyl sites for hydroxylation is 2. The van der Waals surface area contributed by atoms with Crippen molar-refractivity contribution >= 4 is 27.5 Å². The molecule has 1 aromatic rings. The lowest BCUT2D eigenvalue weighted by Crippen LogP contribution is -2.41. The maximum absolute atomic E-state index is 11.9. The Kier molecular flexibility index (Phi) is 2.82. The predicted octanol–water partition coefficient (Wildman–Crippen LogP) is 1.62. The molecule has 1 saturated heterocycles. The van der Waals surface area contributed by atoms with Crippen LogP contribution >= 0.6 is 15.9 Å². The molecule has 0 radical (unpaired) electrons. The fourth-order valence-electron chi connectivity index (χ4n) is 1.92. The number of rotatable bonds is 1. The lowest BCUT2D eigenvalue weighted by Gasteiger charge is -2.29. The molecule has 1 aliphatic rings. The molecule has 0 N–H and O–H groups in total. The largest absolute Gasteiger partial charge is 0.308 e. The molecule has 82 valence electrons. The second kappa shape index (κ2) is 3.96. The molecule has 1 unspecified atom stereocenters. The van der Waals surface area contributed by atoms with Crippen molar-refractivity contribution in [2.75, 3.05) is 11.4 Å². The van der Waals surface area contributed by atoms with Crippen LogP contribution < -0.4 is 4.90 Å². The third kappa shape index (κ3) is 1.93. The average Bonchev–Trinajstić information content (AvgIpc) is 2.50. The Morgan fingerprint density at radius 1 is 1.60 bits per heavy atom. The number of carbonyl (C=O) groups is 1. The quantitative estimate of drug-likeness (QED) is 0.729. The van der Waals surface area contributed by atoms with E-state index < -0.39 is 0 Å². The third-order valence-electron chi connectivity index (χ3n) is 2.65. The Hall–Kier alpha value is -0.840. The van der Waals surface area contributed by atoms with Crippen LogP contribution in [0.25, 0.3) is 0 Å². The number of carbonyl (C=O) groups excluding carboxylic acids is 1. The minimum absolute atomic E-state index is 0.0362. The molecular weight excluding hydrogens is 258 g/mol. The van der Waals surface area contributed by atoms with E-state index in [9.17, 15) is 4.79 Å². The van der Waals surface area contributed by atoms with Crippen molar-refractivity contribution in [1.82, 2.24) is 9.78 Å². The van der Waals surface area contributed by atoms with Crippen LogP contribution in [0.4, 0.5) is 5.69 Å². The van der Waals surface area contributed by atoms with Crippen LogP contribution in [0, 0.1) is 6.92 Å². The highest BCUT2D eigenvalue weighted by Crippen LogP contribution is 2.26. The number of nitrogens with zero attached hydrogens (tertiary/aromatic N) is 3. The number of alkyl halides is 1. The molecule has 0 aromatic carbocycles. The minimum atomic E-state index is -0.0362. The van der Waals surface area contributed by atoms with Gasteiger partial charge in [0.05, 0.1) is 16.2 Å². The lowest BCUT2D eigenvalue weighted by molar-refractivity contribution is -0.118. The summed E-state index contributed by atoms with van der Waals surface area (Å²) in [4.78, 5) is 13.7. The first-order chi connectivity index (χ1) is 7.09. The van der Waals surface area contributed by atoms with Crippen LogP contribution in [0.2, 0.25) is 0 Å². The maximum atomic E-state index is 11.9. The number of aromatic nitrogens is 2. The molecular formula is C10H14BrN3O. The van der Waals surface area contributed by atoms with Gasteiger partial charge in [0.25, 0.3) is 0 Å². The molecule has 4 nitrogen and oxygen atoms in total. The second-order valence-electron chi connectivity index (χ2n) is 3.87. The Labute approximate surface area is 97.4 Å². The van der Waals surface area contributed by atoms with E-state index in [2.05, 4.69) is 21.0 Å². The summed E-state index contributed by atoms with van der Waals surface area (Å²) in [6, 6.07) is 0. The molecule has 1 fully saturated rings. The van der Waals surface area contributed by atoms with Gasteiger partial charge in [-0.25, -0.2) is 0 Å². The number of halogens is 1. The van der Waals surface area contributed by atoms with Gasteiger partial charge in [0.1, 0.15) is 0 Å². The van der Waals surface area contributed by atoms with Gasteiger partial charge in [-0.3, -0.25) is 9.48 Å². The summed E-state index contributed by atoms with van der Waals surface area (Å²) in [6.45, 7) is 2.73. The maximum Gasteiger partial charge on any atom is 0.240 e. The van der Waals surface area contributed by atoms with Crippen molar-refractivity contribution in [2.45, 2.75) is 24.6 Å². The van der Waals surface area contributed by atoms with Crippen LogP contribution in [0.1, 0.15) is 18.5 Å². The highest BCUT2D eigenvalue weighted by molar-refractivity contribution is 9.10. The second-order valence-corrected chi connectivity index (χ2v) is 4.98. The molecule has 1 atom stereocenters. The van der Waals surface area contributed by atoms with E-state index in [1.165, 1.54) is 0 Å². The highest BCUT2D eigenvalue weighted by Gasteiger charge is 2.29. The van der Waals surface area contributed by atoms with Gasteiger partial charge in [0.2, 0.25) is 5.91 Å². The number of piperidine rings is 1. The number of hydrogen-bond donors (Lipinski definition) is 0. The Balaban J connectivity index is 2.30. The summed E-state index contributed by atoms with van der Waals surface area (Å²) in [5.74, 6) is 0.150. The number of anilines is 1. The summed E-state index contributed by atoms with van der Waals surface area (Å²) >= 11 is 3.40. The van der Waals surface area contributed by atoms with Crippen molar-refractivity contribution in [2.24, 2.45) is 7.05 Å². The molecule has 2 heterocycles. The number of amides is 1. The first-order valence-corrected chi connectivity index (χ1v) is 5.97. The zero-order chi connectivity index (χ0) is 11.0. The summed E-state index contributed by atoms with van der Waals surface area (Å²) in [7, 11) is 1.87. The van der Waals surface area contributed by atoms with Gasteiger partial charge >= 0.3 is 0 Å². The molecule has 0 spiro atoms. The lowest BCUT2D eigenvalue weighted by atomic mass is 10.1. The summed E-state index contributed by atoms with van der Waals surface area (Å²) in [5.41, 5.74) is 1.85. The summed E-state index contributed by atoms with van der Waals surface area (Å²) in [5, 5.41) is 4.25. The molecule has 2 rings (SSSR count). The van der Waals surface area contributed by atoms with Crippen LogP contribution in [0.5, 0.6) is 0 Å². The Bertz CT molecular complexity index is 388. The molecule has 0 bridgehead atoms. The van der Waals surface area contributed by atoms with E-state index in [0.29, 0.717) is 0 Å². The SMILES string of the molecule is Cc1nn(C)cc1N1CCCC(Br)C1=O. The van der Waals surface area contributed by atoms with Gasteiger partial charge < -0.3 is 4.90 Å². The van der Waals surface area contributed by atoms with Crippen molar-refractivity contribution < 1.29 is 4.79 Å². The standard InChI is InChI=1S/C10H14BrN3O/c1-7-9(6-13(2)12-7)14-5-3-4-8(11)10(14)15/h6,8H,3-5H2,1-2H3. The molecule has 0 aliphatic carbocycles. The van der Waals surface area contributed by atoms with Crippen LogP contribution in [-0.4, -0.2) is 27.1 Å². The zero-order valence-corrected chi connectivity index (χ0v) is 10.5. The fourth-order valence-corrected chi connectivity index (χ4v) is 2.49. The average molecular weight is 272 g/mol. The topological polar surface area (TPSA) is 38.1 Å². The van der Waals surface area contributed by atoms with Crippen molar-refractivity contribution in [3.05, 3.63) is 11.9 Å². The van der Waals surface area contributed by atoms with Crippen LogP contribution in [0.15, 0.2) is 6.20 Å². The summed E-state index contributed by atoms with van der Waals surface area (Å²) < 4.78 is 1.75. The van der Waals surface area contributed by atoms with E-state index >= 15 is 0 Å². The molecule has 5 heteroatoms. The van der Waals surface area contributed by atoms with Crippen molar-refractivity contribution in [1.29, 1.82) is 0 Å². The Morgan fingerprint density at radius 2 is 2.33 bits per heavy atom. The van der Waals surface area contributed by atoms with Gasteiger partial charge in [-0.1, -0.05) is 15.9 Å². The smallest absolute Gasteiger partial charge is 0.240 e. The molecule has 0 saturated carbocycles. The third-order valence-corrected chi connectivity index (χ3v) is 3.50. The van der Waals surface area contributed by atoms with Gasteiger partial charge in [0, 0.05) is 19.8 Å². The predicted molar refractivity (Wildman–Crippen MR) is 62.2 cm³/mol. The van der Waals surface area contributed by atoms with E-state index in [1.54, 1.807) is 4.68 Å². The zero-order valence-electron chi connectivity index (χ0n) is 8.90. The van der Waals surface area contributed by atoms with E-state index in [0.717, 1.165) is 30.8 Å². The normalized spacial score (nSPS) is 22.2. The highest BCUT2D eigenvalue weighted by atomic mass is 79.9. The molecule has 1 amide bonds. The fraction of sp³-hybridized carbons (Fsp3) is 0.600. The van der Waals surface area contributed by atoms with Crippen molar-refractivity contribution in [3.8, 4) is 0 Å². The van der Waals surface area contributed by atoms with Crippen molar-refractivity contribution in [3.63, 3.8) is 0 Å². The van der Waals surface area contributed by atoms with Crippen LogP contribution in [-0.2, 0) is 11.8 Å². The number of hydrogen-bond acceptors (Lipinski definition) is 2.